The molecule has 2 aliphatic rings. The molecule has 1 aromatic carbocycles. The number of hydrogen-bond acceptors (Lipinski definition) is 4. The maximum Gasteiger partial charge on any atom is 0.416 e. The van der Waals surface area contributed by atoms with Crippen LogP contribution in [-0.2, 0) is 20.9 Å². The van der Waals surface area contributed by atoms with Gasteiger partial charge in [-0.15, -0.1) is 0 Å². The van der Waals surface area contributed by atoms with Crippen molar-refractivity contribution in [3.63, 3.8) is 0 Å². The number of rotatable bonds is 10. The van der Waals surface area contributed by atoms with Gasteiger partial charge in [0, 0.05) is 26.7 Å². The van der Waals surface area contributed by atoms with Crippen LogP contribution in [0.4, 0.5) is 13.2 Å². The van der Waals surface area contributed by atoms with Gasteiger partial charge >= 0.3 is 6.18 Å². The smallest absolute Gasteiger partial charge is 0.377 e. The van der Waals surface area contributed by atoms with E-state index in [1.165, 1.54) is 43.7 Å². The second-order valence-electron chi connectivity index (χ2n) is 9.56. The molecule has 9 heteroatoms. The Balaban J connectivity index is 1.35. The summed E-state index contributed by atoms with van der Waals surface area (Å²) in [5, 5.41) is 0. The molecule has 0 aromatic heterocycles. The van der Waals surface area contributed by atoms with Crippen molar-refractivity contribution in [1.82, 2.24) is 9.21 Å². The minimum atomic E-state index is -4.49. The second kappa shape index (κ2) is 12.5. The topological polar surface area (TPSA) is 49.9 Å². The molecule has 0 bridgehead atoms. The Kier molecular flexibility index (Phi) is 10.0. The lowest BCUT2D eigenvalue weighted by Gasteiger charge is -2.31. The van der Waals surface area contributed by atoms with Crippen molar-refractivity contribution < 1.29 is 26.3 Å². The Bertz CT molecular complexity index is 874. The monoisotopic (exact) mass is 502 g/mol. The van der Waals surface area contributed by atoms with Crippen molar-refractivity contribution in [2.45, 2.75) is 56.0 Å². The van der Waals surface area contributed by atoms with E-state index in [1.54, 1.807) is 0 Å². The van der Waals surface area contributed by atoms with Crippen LogP contribution >= 0.6 is 0 Å². The first-order chi connectivity index (χ1) is 16.2. The molecular formula is C25H37F3N2O3S. The summed E-state index contributed by atoms with van der Waals surface area (Å²) in [6.07, 6.45) is 7.57. The van der Waals surface area contributed by atoms with E-state index in [4.69, 9.17) is 4.74 Å². The third-order valence-corrected chi connectivity index (χ3v) is 8.76. The van der Waals surface area contributed by atoms with E-state index >= 15 is 0 Å². The lowest BCUT2D eigenvalue weighted by Crippen LogP contribution is -2.34. The molecule has 1 aliphatic carbocycles. The molecular weight excluding hydrogens is 465 g/mol. The quantitative estimate of drug-likeness (QED) is 0.326. The molecule has 34 heavy (non-hydrogen) atoms. The summed E-state index contributed by atoms with van der Waals surface area (Å²) in [5.41, 5.74) is -0.855. The van der Waals surface area contributed by atoms with Gasteiger partial charge in [0.15, 0.2) is 0 Å². The van der Waals surface area contributed by atoms with Crippen LogP contribution in [-0.4, -0.2) is 64.1 Å². The number of benzene rings is 1. The summed E-state index contributed by atoms with van der Waals surface area (Å²) in [6.45, 7) is 5.10. The summed E-state index contributed by atoms with van der Waals surface area (Å²) in [7, 11) is -2.32. The van der Waals surface area contributed by atoms with E-state index in [0.717, 1.165) is 63.1 Å². The summed E-state index contributed by atoms with van der Waals surface area (Å²) >= 11 is 0. The van der Waals surface area contributed by atoms with Gasteiger partial charge in [-0.05, 0) is 87.7 Å². The van der Waals surface area contributed by atoms with Crippen LogP contribution < -0.4 is 0 Å². The van der Waals surface area contributed by atoms with Gasteiger partial charge in [0.1, 0.15) is 0 Å². The third-order valence-electron chi connectivity index (χ3n) is 6.92. The first kappa shape index (κ1) is 27.2. The molecule has 1 saturated heterocycles. The number of sulfonamides is 1. The van der Waals surface area contributed by atoms with Crippen LogP contribution in [0.3, 0.4) is 0 Å². The van der Waals surface area contributed by atoms with Crippen LogP contribution in [0.25, 0.3) is 0 Å². The van der Waals surface area contributed by atoms with Crippen LogP contribution in [0.5, 0.6) is 0 Å². The van der Waals surface area contributed by atoms with Crippen molar-refractivity contribution in [2.75, 3.05) is 46.4 Å². The van der Waals surface area contributed by atoms with E-state index < -0.39 is 21.8 Å². The predicted molar refractivity (Wildman–Crippen MR) is 127 cm³/mol. The number of hydrogen-bond donors (Lipinski definition) is 0. The lowest BCUT2D eigenvalue weighted by atomic mass is 9.82. The minimum Gasteiger partial charge on any atom is -0.377 e. The number of alkyl halides is 3. The van der Waals surface area contributed by atoms with Gasteiger partial charge in [-0.3, -0.25) is 4.90 Å². The highest BCUT2D eigenvalue weighted by Gasteiger charge is 2.32. The third kappa shape index (κ3) is 8.07. The Morgan fingerprint density at radius 3 is 2.24 bits per heavy atom. The standard InChI is InChI=1S/C25H37F3N2O3S/c1-29(34(31,32)24-13-11-23(12-14-24)25(26,27)28)19-21-7-9-22(10-8-21)20-33-18-6-5-17-30-15-3-2-4-16-30/h5-6,11-14,21-22H,2-4,7-10,15-20H2,1H3. The van der Waals surface area contributed by atoms with E-state index in [0.29, 0.717) is 19.1 Å². The predicted octanol–water partition coefficient (Wildman–Crippen LogP) is 5.19. The molecule has 0 atom stereocenters. The number of ether oxygens (including phenoxy) is 1. The molecule has 0 amide bonds. The van der Waals surface area contributed by atoms with Gasteiger partial charge in [-0.25, -0.2) is 12.7 Å². The van der Waals surface area contributed by atoms with Gasteiger partial charge in [0.2, 0.25) is 10.0 Å². The van der Waals surface area contributed by atoms with Crippen molar-refractivity contribution in [2.24, 2.45) is 11.8 Å². The Morgan fingerprint density at radius 2 is 1.62 bits per heavy atom. The molecule has 5 nitrogen and oxygen atoms in total. The van der Waals surface area contributed by atoms with Gasteiger partial charge in [0.25, 0.3) is 0 Å². The molecule has 0 N–H and O–H groups in total. The maximum absolute atomic E-state index is 12.8. The normalized spacial score (nSPS) is 23.1. The highest BCUT2D eigenvalue weighted by molar-refractivity contribution is 7.89. The second-order valence-corrected chi connectivity index (χ2v) is 11.6. The van der Waals surface area contributed by atoms with Gasteiger partial charge in [0.05, 0.1) is 17.1 Å². The molecule has 1 aromatic rings. The zero-order valence-corrected chi connectivity index (χ0v) is 20.8. The summed E-state index contributed by atoms with van der Waals surface area (Å²) in [4.78, 5) is 2.36. The van der Waals surface area contributed by atoms with E-state index in [2.05, 4.69) is 17.1 Å². The Labute approximate surface area is 202 Å². The minimum absolute atomic E-state index is 0.113. The summed E-state index contributed by atoms with van der Waals surface area (Å²) in [6, 6.07) is 3.69. The van der Waals surface area contributed by atoms with Gasteiger partial charge < -0.3 is 4.74 Å². The van der Waals surface area contributed by atoms with Crippen molar-refractivity contribution >= 4 is 10.0 Å². The Morgan fingerprint density at radius 1 is 1.00 bits per heavy atom. The number of nitrogens with zero attached hydrogens (tertiary/aromatic N) is 2. The highest BCUT2D eigenvalue weighted by atomic mass is 32.2. The average molecular weight is 503 g/mol. The average Bonchev–Trinajstić information content (AvgIpc) is 2.82. The molecule has 1 heterocycles. The molecule has 1 aliphatic heterocycles. The van der Waals surface area contributed by atoms with Gasteiger partial charge in [-0.2, -0.15) is 13.2 Å². The number of halogens is 3. The van der Waals surface area contributed by atoms with E-state index in [9.17, 15) is 21.6 Å². The summed E-state index contributed by atoms with van der Waals surface area (Å²) in [5.74, 6) is 0.735. The zero-order chi connectivity index (χ0) is 24.6. The van der Waals surface area contributed by atoms with Crippen LogP contribution in [0.1, 0.15) is 50.5 Å². The van der Waals surface area contributed by atoms with Crippen LogP contribution in [0, 0.1) is 11.8 Å². The molecule has 3 rings (SSSR count). The van der Waals surface area contributed by atoms with E-state index in [1.807, 2.05) is 0 Å². The fourth-order valence-electron chi connectivity index (χ4n) is 4.77. The number of piperidine rings is 1. The lowest BCUT2D eigenvalue weighted by molar-refractivity contribution is -0.137. The van der Waals surface area contributed by atoms with E-state index in [-0.39, 0.29) is 10.8 Å². The first-order valence-electron chi connectivity index (χ1n) is 12.2. The summed E-state index contributed by atoms with van der Waals surface area (Å²) < 4.78 is 70.9. The molecule has 2 fully saturated rings. The molecule has 1 saturated carbocycles. The van der Waals surface area contributed by atoms with Crippen molar-refractivity contribution in [3.8, 4) is 0 Å². The Hall–Kier alpha value is -1.42. The molecule has 192 valence electrons. The highest BCUT2D eigenvalue weighted by Crippen LogP contribution is 2.32. The fourth-order valence-corrected chi connectivity index (χ4v) is 6.02. The largest absolute Gasteiger partial charge is 0.416 e. The molecule has 0 spiro atoms. The first-order valence-corrected chi connectivity index (χ1v) is 13.7. The van der Waals surface area contributed by atoms with Crippen LogP contribution in [0.2, 0.25) is 0 Å². The SMILES string of the molecule is CN(CC1CCC(COCC=CCN2CCCCC2)CC1)S(=O)(=O)c1ccc(C(F)(F)F)cc1. The van der Waals surface area contributed by atoms with Crippen molar-refractivity contribution in [3.05, 3.63) is 42.0 Å². The molecule has 0 radical (unpaired) electrons. The maximum atomic E-state index is 12.8. The number of likely N-dealkylation sites (tertiary alicyclic amines) is 1. The van der Waals surface area contributed by atoms with Gasteiger partial charge in [-0.1, -0.05) is 18.6 Å². The molecule has 0 unspecified atom stereocenters. The van der Waals surface area contributed by atoms with Crippen molar-refractivity contribution in [1.29, 1.82) is 0 Å². The zero-order valence-electron chi connectivity index (χ0n) is 20.0. The van der Waals surface area contributed by atoms with Crippen LogP contribution in [0.15, 0.2) is 41.3 Å². The fraction of sp³-hybridized carbons (Fsp3) is 0.680.